The second-order valence-corrected chi connectivity index (χ2v) is 7.06. The van der Waals surface area contributed by atoms with Gasteiger partial charge in [0, 0.05) is 18.2 Å². The minimum Gasteiger partial charge on any atom is -0.289 e. The van der Waals surface area contributed by atoms with Crippen molar-refractivity contribution in [1.29, 1.82) is 0 Å². The van der Waals surface area contributed by atoms with E-state index in [1.807, 2.05) is 0 Å². The predicted molar refractivity (Wildman–Crippen MR) is 88.7 cm³/mol. The third-order valence-electron chi connectivity index (χ3n) is 4.42. The molecule has 0 radical (unpaired) electrons. The molecule has 3 rings (SSSR count). The fraction of sp³-hybridized carbons (Fsp3) is 0.529. The summed E-state index contributed by atoms with van der Waals surface area (Å²) in [4.78, 5) is 18.7. The molecule has 0 aromatic heterocycles. The maximum atomic E-state index is 12.6. The van der Waals surface area contributed by atoms with Crippen molar-refractivity contribution in [2.45, 2.75) is 37.6 Å². The number of thioether (sulfide) groups is 1. The molecule has 0 atom stereocenters. The summed E-state index contributed by atoms with van der Waals surface area (Å²) in [5.74, 6) is 0.773. The molecule has 0 bridgehead atoms. The van der Waals surface area contributed by atoms with Gasteiger partial charge in [-0.3, -0.25) is 14.7 Å². The van der Waals surface area contributed by atoms with Crippen LogP contribution in [0.2, 0.25) is 0 Å². The zero-order valence-electron chi connectivity index (χ0n) is 13.2. The predicted octanol–water partition coefficient (Wildman–Crippen LogP) is 4.33. The Morgan fingerprint density at radius 3 is 2.50 bits per heavy atom. The molecule has 0 saturated heterocycles. The van der Waals surface area contributed by atoms with Crippen LogP contribution in [0.3, 0.4) is 0 Å². The molecule has 0 spiro atoms. The summed E-state index contributed by atoms with van der Waals surface area (Å²) >= 11 is 1.42. The van der Waals surface area contributed by atoms with Gasteiger partial charge in [-0.1, -0.05) is 36.7 Å². The van der Waals surface area contributed by atoms with E-state index in [1.54, 1.807) is 4.90 Å². The minimum absolute atomic E-state index is 0.111. The Morgan fingerprint density at radius 2 is 1.88 bits per heavy atom. The Labute approximate surface area is 143 Å². The first kappa shape index (κ1) is 17.3. The molecule has 3 nitrogen and oxygen atoms in total. The second kappa shape index (κ2) is 7.17. The molecular weight excluding hydrogens is 337 g/mol. The first-order valence-electron chi connectivity index (χ1n) is 8.10. The average Bonchev–Trinajstić information content (AvgIpc) is 3.23. The van der Waals surface area contributed by atoms with Crippen LogP contribution in [-0.4, -0.2) is 29.1 Å². The van der Waals surface area contributed by atoms with Crippen molar-refractivity contribution in [3.8, 4) is 0 Å². The first-order chi connectivity index (χ1) is 11.4. The lowest BCUT2D eigenvalue weighted by atomic mass is 10.1. The van der Waals surface area contributed by atoms with Gasteiger partial charge in [-0.15, -0.1) is 0 Å². The number of benzene rings is 1. The summed E-state index contributed by atoms with van der Waals surface area (Å²) in [6.07, 6.45) is -0.199. The molecule has 7 heteroatoms. The molecular formula is C17H19F3N2OS. The molecule has 1 heterocycles. The summed E-state index contributed by atoms with van der Waals surface area (Å²) in [7, 11) is 0. The van der Waals surface area contributed by atoms with Crippen LogP contribution in [0, 0.1) is 5.92 Å². The molecule has 1 amide bonds. The molecule has 1 aliphatic heterocycles. The highest BCUT2D eigenvalue weighted by molar-refractivity contribution is 8.13. The topological polar surface area (TPSA) is 32.7 Å². The van der Waals surface area contributed by atoms with E-state index in [4.69, 9.17) is 0 Å². The highest BCUT2D eigenvalue weighted by atomic mass is 32.2. The number of nitrogens with zero attached hydrogens (tertiary/aromatic N) is 2. The summed E-state index contributed by atoms with van der Waals surface area (Å²) in [5.41, 5.74) is 0.142. The zero-order valence-corrected chi connectivity index (χ0v) is 14.0. The van der Waals surface area contributed by atoms with Crippen LogP contribution in [0.4, 0.5) is 13.2 Å². The van der Waals surface area contributed by atoms with Crippen LogP contribution in [0.25, 0.3) is 0 Å². The lowest BCUT2D eigenvalue weighted by Gasteiger charge is -2.21. The van der Waals surface area contributed by atoms with Crippen LogP contribution < -0.4 is 0 Å². The molecule has 1 aliphatic carbocycles. The van der Waals surface area contributed by atoms with Crippen molar-refractivity contribution < 1.29 is 18.0 Å². The summed E-state index contributed by atoms with van der Waals surface area (Å²) < 4.78 is 37.7. The van der Waals surface area contributed by atoms with Crippen molar-refractivity contribution in [3.05, 3.63) is 35.4 Å². The van der Waals surface area contributed by atoms with Gasteiger partial charge >= 0.3 is 6.18 Å². The van der Waals surface area contributed by atoms with Crippen molar-refractivity contribution in [1.82, 2.24) is 4.90 Å². The summed E-state index contributed by atoms with van der Waals surface area (Å²) in [5, 5.41) is 0.701. The number of carbonyl (C=O) groups excluding carboxylic acids is 1. The third kappa shape index (κ3) is 3.94. The van der Waals surface area contributed by atoms with Crippen molar-refractivity contribution in [3.63, 3.8) is 0 Å². The minimum atomic E-state index is -4.31. The number of rotatable bonds is 3. The Morgan fingerprint density at radius 1 is 1.21 bits per heavy atom. The van der Waals surface area contributed by atoms with E-state index in [0.29, 0.717) is 24.0 Å². The van der Waals surface area contributed by atoms with Crippen molar-refractivity contribution >= 4 is 22.8 Å². The molecule has 130 valence electrons. The standard InChI is InChI=1S/C17H19F3N2OS/c18-17(19,20)14-7-5-12(6-8-14)11-24-16-21-9-10-22(16)15(23)13-3-1-2-4-13/h5-8,13H,1-4,9-11H2. The highest BCUT2D eigenvalue weighted by Crippen LogP contribution is 2.31. The van der Waals surface area contributed by atoms with Gasteiger partial charge in [-0.05, 0) is 30.5 Å². The van der Waals surface area contributed by atoms with E-state index in [-0.39, 0.29) is 11.8 Å². The monoisotopic (exact) mass is 356 g/mol. The van der Waals surface area contributed by atoms with Gasteiger partial charge < -0.3 is 0 Å². The van der Waals surface area contributed by atoms with Crippen molar-refractivity contribution in [2.24, 2.45) is 10.9 Å². The number of amides is 1. The van der Waals surface area contributed by atoms with E-state index in [0.717, 1.165) is 43.4 Å². The maximum Gasteiger partial charge on any atom is 0.416 e. The van der Waals surface area contributed by atoms with Gasteiger partial charge in [-0.2, -0.15) is 13.2 Å². The molecule has 1 aromatic rings. The SMILES string of the molecule is O=C(C1CCCC1)N1CCN=C1SCc1ccc(C(F)(F)F)cc1. The number of alkyl halides is 3. The lowest BCUT2D eigenvalue weighted by molar-refractivity contribution is -0.137. The number of aliphatic imine (C=N–C) groups is 1. The Kier molecular flexibility index (Phi) is 5.18. The van der Waals surface area contributed by atoms with Crippen LogP contribution in [0.15, 0.2) is 29.3 Å². The molecule has 0 N–H and O–H groups in total. The van der Waals surface area contributed by atoms with E-state index in [1.165, 1.54) is 23.9 Å². The number of hydrogen-bond donors (Lipinski definition) is 0. The Bertz CT molecular complexity index is 622. The number of carbonyl (C=O) groups is 1. The van der Waals surface area contributed by atoms with Crippen molar-refractivity contribution in [2.75, 3.05) is 13.1 Å². The van der Waals surface area contributed by atoms with Crippen LogP contribution in [0.5, 0.6) is 0 Å². The molecule has 1 aromatic carbocycles. The Hall–Kier alpha value is -1.50. The van der Waals surface area contributed by atoms with Gasteiger partial charge in [-0.25, -0.2) is 0 Å². The van der Waals surface area contributed by atoms with E-state index in [2.05, 4.69) is 4.99 Å². The number of halogens is 3. The van der Waals surface area contributed by atoms with Gasteiger partial charge in [0.25, 0.3) is 0 Å². The van der Waals surface area contributed by atoms with Gasteiger partial charge in [0.2, 0.25) is 5.91 Å². The summed E-state index contributed by atoms with van der Waals surface area (Å²) in [6.45, 7) is 1.22. The van der Waals surface area contributed by atoms with Crippen LogP contribution in [-0.2, 0) is 16.7 Å². The maximum absolute atomic E-state index is 12.6. The zero-order chi connectivity index (χ0) is 17.2. The van der Waals surface area contributed by atoms with E-state index >= 15 is 0 Å². The van der Waals surface area contributed by atoms with Gasteiger partial charge in [0.05, 0.1) is 12.1 Å². The van der Waals surface area contributed by atoms with E-state index in [9.17, 15) is 18.0 Å². The van der Waals surface area contributed by atoms with Crippen LogP contribution >= 0.6 is 11.8 Å². The Balaban J connectivity index is 1.58. The normalized spacial score (nSPS) is 19.0. The largest absolute Gasteiger partial charge is 0.416 e. The van der Waals surface area contributed by atoms with Crippen LogP contribution in [0.1, 0.15) is 36.8 Å². The van der Waals surface area contributed by atoms with E-state index < -0.39 is 11.7 Å². The average molecular weight is 356 g/mol. The molecule has 24 heavy (non-hydrogen) atoms. The smallest absolute Gasteiger partial charge is 0.289 e. The number of amidine groups is 1. The first-order valence-corrected chi connectivity index (χ1v) is 9.08. The fourth-order valence-corrected chi connectivity index (χ4v) is 4.09. The molecule has 0 unspecified atom stereocenters. The molecule has 1 saturated carbocycles. The quantitative estimate of drug-likeness (QED) is 0.808. The fourth-order valence-electron chi connectivity index (χ4n) is 3.09. The molecule has 2 aliphatic rings. The van der Waals surface area contributed by atoms with Gasteiger partial charge in [0.1, 0.15) is 0 Å². The number of hydrogen-bond acceptors (Lipinski definition) is 3. The molecule has 1 fully saturated rings. The second-order valence-electron chi connectivity index (χ2n) is 6.12. The third-order valence-corrected chi connectivity index (χ3v) is 5.51. The summed E-state index contributed by atoms with van der Waals surface area (Å²) in [6, 6.07) is 5.14. The lowest BCUT2D eigenvalue weighted by Crippen LogP contribution is -2.36. The highest BCUT2D eigenvalue weighted by Gasteiger charge is 2.32. The van der Waals surface area contributed by atoms with Gasteiger partial charge in [0.15, 0.2) is 5.17 Å².